The summed E-state index contributed by atoms with van der Waals surface area (Å²) < 4.78 is 27.4. The molecule has 2 atom stereocenters. The van der Waals surface area contributed by atoms with Crippen LogP contribution in [0.15, 0.2) is 0 Å². The number of piperidine rings is 1. The lowest BCUT2D eigenvalue weighted by atomic mass is 9.88. The Labute approximate surface area is 157 Å². The first-order valence-electron chi connectivity index (χ1n) is 9.34. The summed E-state index contributed by atoms with van der Waals surface area (Å²) in [5.74, 6) is -0.0266. The average Bonchev–Trinajstić information content (AvgIpc) is 2.86. The Morgan fingerprint density at radius 1 is 1.08 bits per heavy atom. The van der Waals surface area contributed by atoms with Gasteiger partial charge in [-0.15, -0.1) is 12.4 Å². The minimum Gasteiger partial charge on any atom is -0.342 e. The number of carbonyl (C=O) groups is 1. The number of hydrogen-bond donors (Lipinski definition) is 2. The Morgan fingerprint density at radius 2 is 1.64 bits per heavy atom. The Morgan fingerprint density at radius 3 is 2.20 bits per heavy atom. The Kier molecular flexibility index (Phi) is 7.16. The molecule has 2 unspecified atom stereocenters. The van der Waals surface area contributed by atoms with Crippen LogP contribution in [0.3, 0.4) is 0 Å². The predicted molar refractivity (Wildman–Crippen MR) is 101 cm³/mol. The highest BCUT2D eigenvalue weighted by atomic mass is 35.5. The molecule has 0 aromatic heterocycles. The van der Waals surface area contributed by atoms with Crippen LogP contribution in [0.2, 0.25) is 0 Å². The van der Waals surface area contributed by atoms with Gasteiger partial charge in [0.2, 0.25) is 15.9 Å². The van der Waals surface area contributed by atoms with Gasteiger partial charge in [0, 0.05) is 31.2 Å². The van der Waals surface area contributed by atoms with Crippen molar-refractivity contribution >= 4 is 28.3 Å². The third kappa shape index (κ3) is 5.55. The largest absolute Gasteiger partial charge is 0.342 e. The molecule has 2 aliphatic heterocycles. The normalized spacial score (nSPS) is 35.0. The summed E-state index contributed by atoms with van der Waals surface area (Å²) in [6.07, 6.45) is 8.08. The number of sulfonamides is 1. The van der Waals surface area contributed by atoms with Crippen molar-refractivity contribution in [2.45, 2.75) is 82.5 Å². The number of rotatable bonds is 5. The maximum atomic E-state index is 12.5. The zero-order valence-corrected chi connectivity index (χ0v) is 16.9. The van der Waals surface area contributed by atoms with E-state index in [1.54, 1.807) is 11.9 Å². The molecular formula is C17H32ClN3O3S. The van der Waals surface area contributed by atoms with E-state index in [1.165, 1.54) is 12.8 Å². The van der Waals surface area contributed by atoms with Crippen LogP contribution in [0.4, 0.5) is 0 Å². The zero-order valence-electron chi connectivity index (χ0n) is 15.2. The van der Waals surface area contributed by atoms with Gasteiger partial charge in [-0.1, -0.05) is 6.92 Å². The standard InChI is InChI=1S/C17H31N3O3S.ClH/c1-12-3-5-13(6-4-12)19-24(22,23)11-17(21)20(2)16-9-14-7-8-15(10-16)18-14;/h12-16,18-19H,3-11H2,1-2H3;1H. The van der Waals surface area contributed by atoms with E-state index in [-0.39, 0.29) is 30.4 Å². The molecule has 3 fully saturated rings. The predicted octanol–water partition coefficient (Wildman–Crippen LogP) is 1.65. The Bertz CT molecular complexity index is 551. The van der Waals surface area contributed by atoms with Gasteiger partial charge >= 0.3 is 0 Å². The molecule has 2 heterocycles. The molecule has 25 heavy (non-hydrogen) atoms. The second kappa shape index (κ2) is 8.55. The molecular weight excluding hydrogens is 362 g/mol. The zero-order chi connectivity index (χ0) is 17.3. The Hall–Kier alpha value is -0.370. The van der Waals surface area contributed by atoms with E-state index in [9.17, 15) is 13.2 Å². The summed E-state index contributed by atoms with van der Waals surface area (Å²) >= 11 is 0. The van der Waals surface area contributed by atoms with E-state index in [4.69, 9.17) is 0 Å². The van der Waals surface area contributed by atoms with Crippen LogP contribution in [0.5, 0.6) is 0 Å². The van der Waals surface area contributed by atoms with Crippen LogP contribution in [-0.2, 0) is 14.8 Å². The summed E-state index contributed by atoms with van der Waals surface area (Å²) in [5, 5.41) is 3.55. The minimum atomic E-state index is -3.55. The van der Waals surface area contributed by atoms with Crippen molar-refractivity contribution in [2.24, 2.45) is 5.92 Å². The fourth-order valence-electron chi connectivity index (χ4n) is 4.48. The molecule has 0 aromatic carbocycles. The van der Waals surface area contributed by atoms with Crippen LogP contribution in [0.1, 0.15) is 58.3 Å². The lowest BCUT2D eigenvalue weighted by Gasteiger charge is -2.35. The lowest BCUT2D eigenvalue weighted by molar-refractivity contribution is -0.129. The van der Waals surface area contributed by atoms with Crippen molar-refractivity contribution in [1.82, 2.24) is 14.9 Å². The summed E-state index contributed by atoms with van der Waals surface area (Å²) in [6.45, 7) is 2.20. The van der Waals surface area contributed by atoms with Gasteiger partial charge in [-0.3, -0.25) is 4.79 Å². The summed E-state index contributed by atoms with van der Waals surface area (Å²) in [6, 6.07) is 1.15. The highest BCUT2D eigenvalue weighted by Crippen LogP contribution is 2.29. The molecule has 3 rings (SSSR count). The molecule has 2 N–H and O–H groups in total. The minimum absolute atomic E-state index is 0. The Balaban J connectivity index is 0.00000225. The first-order chi connectivity index (χ1) is 11.3. The van der Waals surface area contributed by atoms with Crippen molar-refractivity contribution < 1.29 is 13.2 Å². The molecule has 2 saturated heterocycles. The monoisotopic (exact) mass is 393 g/mol. The number of amides is 1. The number of nitrogens with zero attached hydrogens (tertiary/aromatic N) is 1. The number of nitrogens with one attached hydrogen (secondary N) is 2. The average molecular weight is 394 g/mol. The molecule has 1 aliphatic carbocycles. The van der Waals surface area contributed by atoms with Gasteiger partial charge in [-0.05, 0) is 57.3 Å². The quantitative estimate of drug-likeness (QED) is 0.744. The van der Waals surface area contributed by atoms with E-state index in [0.29, 0.717) is 18.0 Å². The van der Waals surface area contributed by atoms with Gasteiger partial charge in [0.05, 0.1) is 0 Å². The second-order valence-corrected chi connectivity index (χ2v) is 9.86. The first kappa shape index (κ1) is 20.9. The van der Waals surface area contributed by atoms with Gasteiger partial charge in [0.25, 0.3) is 0 Å². The van der Waals surface area contributed by atoms with Crippen LogP contribution < -0.4 is 10.0 Å². The van der Waals surface area contributed by atoms with Gasteiger partial charge in [-0.25, -0.2) is 13.1 Å². The number of hydrogen-bond acceptors (Lipinski definition) is 4. The number of fused-ring (bicyclic) bond motifs is 2. The highest BCUT2D eigenvalue weighted by molar-refractivity contribution is 7.90. The van der Waals surface area contributed by atoms with E-state index >= 15 is 0 Å². The fourth-order valence-corrected chi connectivity index (χ4v) is 5.84. The van der Waals surface area contributed by atoms with Crippen molar-refractivity contribution in [2.75, 3.05) is 12.8 Å². The van der Waals surface area contributed by atoms with Gasteiger partial charge < -0.3 is 10.2 Å². The molecule has 1 amide bonds. The summed E-state index contributed by atoms with van der Waals surface area (Å²) in [5.41, 5.74) is 0. The SMILES string of the molecule is CC1CCC(NS(=O)(=O)CC(=O)N(C)C2CC3CCC(C2)N3)CC1.Cl. The second-order valence-electron chi connectivity index (χ2n) is 8.10. The van der Waals surface area contributed by atoms with Crippen LogP contribution in [0.25, 0.3) is 0 Å². The molecule has 6 nitrogen and oxygen atoms in total. The van der Waals surface area contributed by atoms with Gasteiger partial charge in [0.1, 0.15) is 5.75 Å². The lowest BCUT2D eigenvalue weighted by Crippen LogP contribution is -2.51. The van der Waals surface area contributed by atoms with Gasteiger partial charge in [0.15, 0.2) is 0 Å². The van der Waals surface area contributed by atoms with Crippen LogP contribution in [0, 0.1) is 5.92 Å². The van der Waals surface area contributed by atoms with Gasteiger partial charge in [-0.2, -0.15) is 0 Å². The maximum Gasteiger partial charge on any atom is 0.239 e. The molecule has 3 aliphatic rings. The van der Waals surface area contributed by atoms with Crippen LogP contribution in [-0.4, -0.2) is 56.2 Å². The van der Waals surface area contributed by atoms with Crippen molar-refractivity contribution in [3.63, 3.8) is 0 Å². The maximum absolute atomic E-state index is 12.5. The van der Waals surface area contributed by atoms with E-state index in [0.717, 1.165) is 38.5 Å². The van der Waals surface area contributed by atoms with E-state index in [1.807, 2.05) is 0 Å². The summed E-state index contributed by atoms with van der Waals surface area (Å²) in [4.78, 5) is 14.1. The molecule has 146 valence electrons. The smallest absolute Gasteiger partial charge is 0.239 e. The number of halogens is 1. The molecule has 1 saturated carbocycles. The number of carbonyl (C=O) groups excluding carboxylic acids is 1. The fraction of sp³-hybridized carbons (Fsp3) is 0.941. The topological polar surface area (TPSA) is 78.5 Å². The van der Waals surface area contributed by atoms with Crippen LogP contribution >= 0.6 is 12.4 Å². The molecule has 0 aromatic rings. The molecule has 8 heteroatoms. The van der Waals surface area contributed by atoms with Crippen molar-refractivity contribution in [1.29, 1.82) is 0 Å². The molecule has 2 bridgehead atoms. The van der Waals surface area contributed by atoms with E-state index < -0.39 is 15.8 Å². The molecule has 0 spiro atoms. The van der Waals surface area contributed by atoms with Crippen molar-refractivity contribution in [3.8, 4) is 0 Å². The third-order valence-electron chi connectivity index (χ3n) is 6.06. The van der Waals surface area contributed by atoms with E-state index in [2.05, 4.69) is 17.0 Å². The third-order valence-corrected chi connectivity index (χ3v) is 7.38. The first-order valence-corrected chi connectivity index (χ1v) is 11.0. The summed E-state index contributed by atoms with van der Waals surface area (Å²) in [7, 11) is -1.79. The highest BCUT2D eigenvalue weighted by Gasteiger charge is 2.37. The molecule has 0 radical (unpaired) electrons. The van der Waals surface area contributed by atoms with Crippen molar-refractivity contribution in [3.05, 3.63) is 0 Å².